The zero-order valence-corrected chi connectivity index (χ0v) is 9.90. The normalized spacial score (nSPS) is 10.6. The van der Waals surface area contributed by atoms with E-state index in [1.165, 1.54) is 0 Å². The zero-order chi connectivity index (χ0) is 10.8. The number of aryl methyl sites for hydroxylation is 1. The summed E-state index contributed by atoms with van der Waals surface area (Å²) in [6, 6.07) is 7.90. The van der Waals surface area contributed by atoms with E-state index in [0.717, 1.165) is 21.4 Å². The third kappa shape index (κ3) is 1.80. The number of benzene rings is 1. The molecule has 0 radical (unpaired) electrons. The summed E-state index contributed by atoms with van der Waals surface area (Å²) in [6.07, 6.45) is 0. The van der Waals surface area contributed by atoms with Crippen LogP contribution >= 0.6 is 15.9 Å². The first-order valence-electron chi connectivity index (χ1n) is 4.57. The third-order valence-electron chi connectivity index (χ3n) is 2.27. The molecule has 0 atom stereocenters. The quantitative estimate of drug-likeness (QED) is 0.901. The summed E-state index contributed by atoms with van der Waals surface area (Å²) >= 11 is 3.49. The van der Waals surface area contributed by atoms with Gasteiger partial charge in [0.1, 0.15) is 5.69 Å². The van der Waals surface area contributed by atoms with Gasteiger partial charge >= 0.3 is 0 Å². The fraction of sp³-hybridized carbons (Fsp3) is 0.200. The van der Waals surface area contributed by atoms with Crippen molar-refractivity contribution in [1.82, 2.24) is 15.0 Å². The Balaban J connectivity index is 2.59. The van der Waals surface area contributed by atoms with Crippen molar-refractivity contribution in [2.45, 2.75) is 6.54 Å². The molecule has 0 amide bonds. The summed E-state index contributed by atoms with van der Waals surface area (Å²) in [5.74, 6) is 0. The Bertz CT molecular complexity index is 478. The minimum absolute atomic E-state index is 0.431. The van der Waals surface area contributed by atoms with Crippen LogP contribution in [0.1, 0.15) is 5.69 Å². The van der Waals surface area contributed by atoms with Crippen LogP contribution in [0.25, 0.3) is 11.3 Å². The van der Waals surface area contributed by atoms with Crippen molar-refractivity contribution in [3.05, 3.63) is 34.4 Å². The van der Waals surface area contributed by atoms with Crippen LogP contribution in [0.15, 0.2) is 28.7 Å². The van der Waals surface area contributed by atoms with Crippen molar-refractivity contribution in [3.8, 4) is 11.3 Å². The van der Waals surface area contributed by atoms with Crippen LogP contribution in [0, 0.1) is 0 Å². The Kier molecular flexibility index (Phi) is 2.83. The van der Waals surface area contributed by atoms with Crippen LogP contribution in [0.2, 0.25) is 0 Å². The molecular weight excluding hydrogens is 256 g/mol. The number of nitrogens with zero attached hydrogens (tertiary/aromatic N) is 3. The van der Waals surface area contributed by atoms with Crippen molar-refractivity contribution in [2.24, 2.45) is 12.8 Å². The van der Waals surface area contributed by atoms with Gasteiger partial charge < -0.3 is 5.73 Å². The van der Waals surface area contributed by atoms with Crippen LogP contribution in [0.4, 0.5) is 0 Å². The molecule has 0 unspecified atom stereocenters. The number of aromatic nitrogens is 3. The fourth-order valence-corrected chi connectivity index (χ4v) is 1.94. The van der Waals surface area contributed by atoms with Crippen LogP contribution in [0.3, 0.4) is 0 Å². The van der Waals surface area contributed by atoms with Crippen molar-refractivity contribution < 1.29 is 0 Å². The Morgan fingerprint density at radius 3 is 2.80 bits per heavy atom. The molecule has 2 N–H and O–H groups in total. The van der Waals surface area contributed by atoms with Crippen LogP contribution in [-0.2, 0) is 13.6 Å². The molecule has 2 aromatic rings. The molecule has 4 nitrogen and oxygen atoms in total. The predicted octanol–water partition coefficient (Wildman–Crippen LogP) is 1.70. The predicted molar refractivity (Wildman–Crippen MR) is 62.0 cm³/mol. The molecule has 0 spiro atoms. The van der Waals surface area contributed by atoms with Crippen LogP contribution < -0.4 is 5.73 Å². The Labute approximate surface area is 96.2 Å². The maximum Gasteiger partial charge on any atom is 0.118 e. The second-order valence-electron chi connectivity index (χ2n) is 3.19. The lowest BCUT2D eigenvalue weighted by Crippen LogP contribution is -2.05. The molecular formula is C10H11BrN4. The molecule has 0 aliphatic carbocycles. The summed E-state index contributed by atoms with van der Waals surface area (Å²) in [5.41, 5.74) is 8.46. The van der Waals surface area contributed by atoms with Gasteiger partial charge in [-0.3, -0.25) is 4.68 Å². The molecule has 5 heteroatoms. The topological polar surface area (TPSA) is 56.7 Å². The smallest absolute Gasteiger partial charge is 0.118 e. The zero-order valence-electron chi connectivity index (χ0n) is 8.31. The first kappa shape index (κ1) is 10.3. The SMILES string of the molecule is Cn1nnc(-c2ccccc2Br)c1CN. The summed E-state index contributed by atoms with van der Waals surface area (Å²) in [6.45, 7) is 0.431. The van der Waals surface area contributed by atoms with Gasteiger partial charge in [-0.15, -0.1) is 5.10 Å². The fourth-order valence-electron chi connectivity index (χ4n) is 1.47. The van der Waals surface area contributed by atoms with Gasteiger partial charge in [0.05, 0.1) is 5.69 Å². The molecule has 1 aromatic carbocycles. The number of hydrogen-bond donors (Lipinski definition) is 1. The minimum Gasteiger partial charge on any atom is -0.325 e. The molecule has 15 heavy (non-hydrogen) atoms. The number of rotatable bonds is 2. The van der Waals surface area contributed by atoms with E-state index in [-0.39, 0.29) is 0 Å². The van der Waals surface area contributed by atoms with E-state index in [9.17, 15) is 0 Å². The summed E-state index contributed by atoms with van der Waals surface area (Å²) in [5, 5.41) is 8.09. The van der Waals surface area contributed by atoms with Gasteiger partial charge in [-0.05, 0) is 6.07 Å². The average molecular weight is 267 g/mol. The highest BCUT2D eigenvalue weighted by Crippen LogP contribution is 2.28. The summed E-state index contributed by atoms with van der Waals surface area (Å²) in [4.78, 5) is 0. The lowest BCUT2D eigenvalue weighted by molar-refractivity contribution is 0.678. The van der Waals surface area contributed by atoms with E-state index in [1.54, 1.807) is 4.68 Å². The molecule has 78 valence electrons. The molecule has 0 saturated heterocycles. The maximum atomic E-state index is 5.67. The highest BCUT2D eigenvalue weighted by Gasteiger charge is 2.12. The molecule has 0 aliphatic rings. The Hall–Kier alpha value is -1.20. The van der Waals surface area contributed by atoms with E-state index < -0.39 is 0 Å². The standard InChI is InChI=1S/C10H11BrN4/c1-15-9(6-12)10(13-14-15)7-4-2-3-5-8(7)11/h2-5H,6,12H2,1H3. The Morgan fingerprint density at radius 1 is 1.40 bits per heavy atom. The summed E-state index contributed by atoms with van der Waals surface area (Å²) in [7, 11) is 1.84. The van der Waals surface area contributed by atoms with Crippen LogP contribution in [0.5, 0.6) is 0 Å². The third-order valence-corrected chi connectivity index (χ3v) is 2.96. The number of halogens is 1. The first-order chi connectivity index (χ1) is 7.24. The maximum absolute atomic E-state index is 5.67. The molecule has 0 fully saturated rings. The highest BCUT2D eigenvalue weighted by atomic mass is 79.9. The molecule has 2 rings (SSSR count). The molecule has 0 bridgehead atoms. The highest BCUT2D eigenvalue weighted by molar-refractivity contribution is 9.10. The van der Waals surface area contributed by atoms with E-state index in [1.807, 2.05) is 31.3 Å². The monoisotopic (exact) mass is 266 g/mol. The van der Waals surface area contributed by atoms with Gasteiger partial charge in [0.15, 0.2) is 0 Å². The van der Waals surface area contributed by atoms with Crippen molar-refractivity contribution in [3.63, 3.8) is 0 Å². The van der Waals surface area contributed by atoms with Gasteiger partial charge in [-0.1, -0.05) is 39.3 Å². The second-order valence-corrected chi connectivity index (χ2v) is 4.05. The molecule has 0 aliphatic heterocycles. The summed E-state index contributed by atoms with van der Waals surface area (Å²) < 4.78 is 2.70. The van der Waals surface area contributed by atoms with E-state index in [2.05, 4.69) is 26.2 Å². The van der Waals surface area contributed by atoms with Crippen molar-refractivity contribution in [1.29, 1.82) is 0 Å². The average Bonchev–Trinajstić information content (AvgIpc) is 2.60. The van der Waals surface area contributed by atoms with Crippen LogP contribution in [-0.4, -0.2) is 15.0 Å². The minimum atomic E-state index is 0.431. The van der Waals surface area contributed by atoms with Gasteiger partial charge in [0.2, 0.25) is 0 Å². The lowest BCUT2D eigenvalue weighted by atomic mass is 10.1. The number of nitrogens with two attached hydrogens (primary N) is 1. The van der Waals surface area contributed by atoms with Crippen molar-refractivity contribution >= 4 is 15.9 Å². The van der Waals surface area contributed by atoms with E-state index in [0.29, 0.717) is 6.54 Å². The van der Waals surface area contributed by atoms with Gasteiger partial charge in [0.25, 0.3) is 0 Å². The second kappa shape index (κ2) is 4.12. The molecule has 0 saturated carbocycles. The first-order valence-corrected chi connectivity index (χ1v) is 5.37. The number of hydrogen-bond acceptors (Lipinski definition) is 3. The lowest BCUT2D eigenvalue weighted by Gasteiger charge is -2.03. The van der Waals surface area contributed by atoms with Gasteiger partial charge in [-0.25, -0.2) is 0 Å². The molecule has 1 aromatic heterocycles. The Morgan fingerprint density at radius 2 is 2.13 bits per heavy atom. The van der Waals surface area contributed by atoms with E-state index >= 15 is 0 Å². The largest absolute Gasteiger partial charge is 0.325 e. The molecule has 1 heterocycles. The van der Waals surface area contributed by atoms with E-state index in [4.69, 9.17) is 5.73 Å². The van der Waals surface area contributed by atoms with Crippen molar-refractivity contribution in [2.75, 3.05) is 0 Å². The van der Waals surface area contributed by atoms with Gasteiger partial charge in [0, 0.05) is 23.6 Å². The van der Waals surface area contributed by atoms with Gasteiger partial charge in [-0.2, -0.15) is 0 Å².